The van der Waals surface area contributed by atoms with Gasteiger partial charge in [0.15, 0.2) is 11.0 Å². The number of imidazole rings is 1. The Bertz CT molecular complexity index is 940. The Hall–Kier alpha value is -2.25. The van der Waals surface area contributed by atoms with Crippen molar-refractivity contribution in [3.63, 3.8) is 0 Å². The predicted octanol–water partition coefficient (Wildman–Crippen LogP) is 3.73. The van der Waals surface area contributed by atoms with Crippen LogP contribution >= 0.6 is 11.8 Å². The highest BCUT2D eigenvalue weighted by Crippen LogP contribution is 2.53. The largest absolute Gasteiger partial charge is 0.482 e. The highest BCUT2D eigenvalue weighted by molar-refractivity contribution is 8.13. The van der Waals surface area contributed by atoms with E-state index in [1.165, 1.54) is 11.8 Å². The molecule has 0 N–H and O–H groups in total. The fraction of sp³-hybridized carbons (Fsp3) is 0.400. The van der Waals surface area contributed by atoms with E-state index >= 15 is 0 Å². The maximum atomic E-state index is 12.1. The fourth-order valence-corrected chi connectivity index (χ4v) is 5.02. The second-order valence-electron chi connectivity index (χ2n) is 6.82. The molecule has 142 valence electrons. The molecule has 0 bridgehead atoms. The molecular weight excluding hydrogens is 362 g/mol. The van der Waals surface area contributed by atoms with Crippen molar-refractivity contribution >= 4 is 28.5 Å². The molecule has 3 aliphatic rings. The summed E-state index contributed by atoms with van der Waals surface area (Å²) in [7, 11) is 3.38. The molecule has 2 unspecified atom stereocenters. The molecule has 4 rings (SSSR count). The number of anilines is 1. The van der Waals surface area contributed by atoms with Crippen LogP contribution in [-0.2, 0) is 14.3 Å². The highest BCUT2D eigenvalue weighted by Gasteiger charge is 2.53. The van der Waals surface area contributed by atoms with E-state index in [9.17, 15) is 4.79 Å². The number of methoxy groups -OCH3 is 2. The number of rotatable bonds is 4. The van der Waals surface area contributed by atoms with Crippen molar-refractivity contribution in [2.24, 2.45) is 0 Å². The Labute approximate surface area is 163 Å². The predicted molar refractivity (Wildman–Crippen MR) is 106 cm³/mol. The van der Waals surface area contributed by atoms with Crippen LogP contribution in [0.2, 0.25) is 0 Å². The van der Waals surface area contributed by atoms with E-state index in [2.05, 4.69) is 40.5 Å². The molecule has 3 heterocycles. The molecule has 1 aromatic rings. The Balaban J connectivity index is 1.99. The average Bonchev–Trinajstić information content (AvgIpc) is 3.17. The summed E-state index contributed by atoms with van der Waals surface area (Å²) < 4.78 is 13.5. The van der Waals surface area contributed by atoms with E-state index in [4.69, 9.17) is 9.47 Å². The van der Waals surface area contributed by atoms with Crippen LogP contribution < -0.4 is 4.90 Å². The summed E-state index contributed by atoms with van der Waals surface area (Å²) in [6.45, 7) is 6.04. The normalized spacial score (nSPS) is 25.7. The summed E-state index contributed by atoms with van der Waals surface area (Å²) >= 11 is 1.23. The number of allylic oxidation sites excluding steroid dienone is 2. The molecule has 7 heteroatoms. The first-order valence-corrected chi connectivity index (χ1v) is 9.76. The zero-order chi connectivity index (χ0) is 19.3. The number of hydrogen-bond acceptors (Lipinski definition) is 6. The number of carbonyl (C=O) groups is 1. The van der Waals surface area contributed by atoms with Crippen LogP contribution in [0.3, 0.4) is 0 Å². The molecule has 0 amide bonds. The third-order valence-corrected chi connectivity index (χ3v) is 6.29. The van der Waals surface area contributed by atoms with Crippen molar-refractivity contribution in [2.45, 2.75) is 43.9 Å². The number of nitrogens with zero attached hydrogens (tertiary/aromatic N) is 3. The van der Waals surface area contributed by atoms with Crippen LogP contribution in [0.25, 0.3) is 5.70 Å². The summed E-state index contributed by atoms with van der Waals surface area (Å²) in [6.07, 6.45) is 10.4. The van der Waals surface area contributed by atoms with Gasteiger partial charge in [-0.2, -0.15) is 0 Å². The minimum absolute atomic E-state index is 0.106. The molecule has 0 radical (unpaired) electrons. The quantitative estimate of drug-likeness (QED) is 0.581. The van der Waals surface area contributed by atoms with E-state index in [0.29, 0.717) is 12.3 Å². The van der Waals surface area contributed by atoms with Gasteiger partial charge in [-0.1, -0.05) is 13.0 Å². The summed E-state index contributed by atoms with van der Waals surface area (Å²) in [6, 6.07) is 0. The molecule has 0 saturated heterocycles. The Morgan fingerprint density at radius 3 is 2.81 bits per heavy atom. The van der Waals surface area contributed by atoms with E-state index in [-0.39, 0.29) is 11.2 Å². The number of hydrogen-bond donors (Lipinski definition) is 0. The fourth-order valence-electron chi connectivity index (χ4n) is 4.28. The van der Waals surface area contributed by atoms with E-state index in [1.807, 2.05) is 19.1 Å². The van der Waals surface area contributed by atoms with Crippen molar-refractivity contribution < 1.29 is 14.3 Å². The molecule has 1 spiro atoms. The van der Waals surface area contributed by atoms with Crippen molar-refractivity contribution in [1.82, 2.24) is 9.55 Å². The topological polar surface area (TPSA) is 56.6 Å². The number of fused-ring (bicyclic) bond motifs is 3. The minimum Gasteiger partial charge on any atom is -0.482 e. The van der Waals surface area contributed by atoms with Crippen molar-refractivity contribution in [3.8, 4) is 0 Å². The van der Waals surface area contributed by atoms with Gasteiger partial charge in [-0.15, -0.1) is 0 Å². The van der Waals surface area contributed by atoms with Gasteiger partial charge in [-0.3, -0.25) is 14.3 Å². The molecule has 2 aliphatic heterocycles. The lowest BCUT2D eigenvalue weighted by Gasteiger charge is -2.41. The maximum Gasteiger partial charge on any atom is 0.219 e. The van der Waals surface area contributed by atoms with E-state index in [0.717, 1.165) is 27.8 Å². The summed E-state index contributed by atoms with van der Waals surface area (Å²) in [5, 5.41) is 0.922. The third kappa shape index (κ3) is 2.38. The van der Waals surface area contributed by atoms with Crippen LogP contribution in [0.5, 0.6) is 0 Å². The Morgan fingerprint density at radius 2 is 2.15 bits per heavy atom. The van der Waals surface area contributed by atoms with Crippen LogP contribution in [0.1, 0.15) is 27.2 Å². The van der Waals surface area contributed by atoms with Gasteiger partial charge in [-0.25, -0.2) is 4.98 Å². The molecule has 0 saturated carbocycles. The molecule has 6 nitrogen and oxygen atoms in total. The molecule has 1 aromatic heterocycles. The molecular formula is C20H23N3O3S. The first-order chi connectivity index (χ1) is 13.0. The maximum absolute atomic E-state index is 12.1. The second-order valence-corrected chi connectivity index (χ2v) is 7.90. The molecule has 0 aromatic carbocycles. The van der Waals surface area contributed by atoms with Crippen LogP contribution in [0, 0.1) is 0 Å². The number of thioether (sulfide) groups is 1. The van der Waals surface area contributed by atoms with Crippen molar-refractivity contribution in [3.05, 3.63) is 47.5 Å². The Morgan fingerprint density at radius 1 is 1.37 bits per heavy atom. The van der Waals surface area contributed by atoms with Gasteiger partial charge >= 0.3 is 0 Å². The number of aromatic nitrogens is 2. The van der Waals surface area contributed by atoms with Gasteiger partial charge in [0.2, 0.25) is 5.95 Å². The first-order valence-electron chi connectivity index (χ1n) is 8.94. The van der Waals surface area contributed by atoms with Gasteiger partial charge < -0.3 is 9.47 Å². The highest BCUT2D eigenvalue weighted by atomic mass is 32.2. The van der Waals surface area contributed by atoms with Gasteiger partial charge in [0.25, 0.3) is 0 Å². The van der Waals surface area contributed by atoms with E-state index < -0.39 is 5.54 Å². The van der Waals surface area contributed by atoms with Gasteiger partial charge in [0.1, 0.15) is 16.7 Å². The zero-order valence-electron chi connectivity index (χ0n) is 16.1. The van der Waals surface area contributed by atoms with Gasteiger partial charge in [0, 0.05) is 13.5 Å². The molecule has 27 heavy (non-hydrogen) atoms. The standard InChI is InChI=1S/C20H23N3O3S/c1-6-16(24)27-15-11-21-19-22(15)18-13(3)17(26-5)12(2)10-20(18)9-7-8-14(25-4)23(19)20/h7-11,17H,6H2,1-5H3. The minimum atomic E-state index is -0.530. The van der Waals surface area contributed by atoms with Crippen LogP contribution in [0.15, 0.2) is 52.6 Å². The number of ether oxygens (including phenoxy) is 2. The summed E-state index contributed by atoms with van der Waals surface area (Å²) in [5.74, 6) is 1.46. The van der Waals surface area contributed by atoms with Crippen molar-refractivity contribution in [1.29, 1.82) is 0 Å². The molecule has 1 aliphatic carbocycles. The lowest BCUT2D eigenvalue weighted by molar-refractivity contribution is -0.110. The second kappa shape index (κ2) is 6.42. The van der Waals surface area contributed by atoms with Crippen molar-refractivity contribution in [2.75, 3.05) is 19.1 Å². The third-order valence-electron chi connectivity index (χ3n) is 5.27. The van der Waals surface area contributed by atoms with Crippen LogP contribution in [-0.4, -0.2) is 40.5 Å². The lowest BCUT2D eigenvalue weighted by atomic mass is 9.80. The first kappa shape index (κ1) is 18.1. The molecule has 2 atom stereocenters. The van der Waals surface area contributed by atoms with Gasteiger partial charge in [0.05, 0.1) is 19.0 Å². The number of carbonyl (C=O) groups excluding carboxylic acids is 1. The lowest BCUT2D eigenvalue weighted by Crippen LogP contribution is -2.47. The Kier molecular flexibility index (Phi) is 4.31. The SMILES string of the molecule is CCC(=O)Sc1cnc2n1C1=C(C)C(OC)C(C)=CC13C=CC=C(OC)N23. The smallest absolute Gasteiger partial charge is 0.219 e. The summed E-state index contributed by atoms with van der Waals surface area (Å²) in [5.41, 5.74) is 2.76. The zero-order valence-corrected chi connectivity index (χ0v) is 17.0. The molecule has 0 fully saturated rings. The monoisotopic (exact) mass is 385 g/mol. The van der Waals surface area contributed by atoms with Gasteiger partial charge in [-0.05, 0) is 55.0 Å². The van der Waals surface area contributed by atoms with Crippen LogP contribution in [0.4, 0.5) is 5.95 Å². The average molecular weight is 385 g/mol. The van der Waals surface area contributed by atoms with E-state index in [1.54, 1.807) is 20.4 Å². The summed E-state index contributed by atoms with van der Waals surface area (Å²) in [4.78, 5) is 18.9.